The number of benzene rings is 2. The van der Waals surface area contributed by atoms with E-state index in [0.717, 1.165) is 18.4 Å². The predicted octanol–water partition coefficient (Wildman–Crippen LogP) is 5.68. The molecule has 7 heteroatoms. The number of hydrogen-bond donors (Lipinski definition) is 1. The highest BCUT2D eigenvalue weighted by Gasteiger charge is 2.31. The summed E-state index contributed by atoms with van der Waals surface area (Å²) in [5.74, 6) is -0.130. The molecule has 154 valence electrons. The van der Waals surface area contributed by atoms with Crippen LogP contribution in [-0.2, 0) is 9.53 Å². The van der Waals surface area contributed by atoms with Crippen LogP contribution in [0.2, 0.25) is 5.15 Å². The molecule has 0 bridgehead atoms. The molecule has 3 aromatic rings. The highest BCUT2D eigenvalue weighted by molar-refractivity contribution is 6.32. The minimum Gasteiger partial charge on any atom is -0.480 e. The number of nitrogens with zero attached hydrogens (tertiary/aromatic N) is 1. The topological polar surface area (TPSA) is 68.7 Å². The molecule has 2 aromatic carbocycles. The quantitative estimate of drug-likeness (QED) is 0.491. The van der Waals surface area contributed by atoms with Crippen molar-refractivity contribution in [3.63, 3.8) is 0 Å². The molecule has 0 unspecified atom stereocenters. The first-order valence-corrected chi connectivity index (χ1v) is 9.88. The van der Waals surface area contributed by atoms with Crippen LogP contribution in [0.5, 0.6) is 11.5 Å². The summed E-state index contributed by atoms with van der Waals surface area (Å²) in [6.07, 6.45) is 3.12. The monoisotopic (exact) mass is 427 g/mol. The summed E-state index contributed by atoms with van der Waals surface area (Å²) in [5, 5.41) is 9.02. The van der Waals surface area contributed by atoms with E-state index in [9.17, 15) is 9.18 Å². The van der Waals surface area contributed by atoms with Crippen molar-refractivity contribution >= 4 is 17.6 Å². The molecular weight excluding hydrogens is 409 g/mol. The summed E-state index contributed by atoms with van der Waals surface area (Å²) in [6, 6.07) is 15.7. The van der Waals surface area contributed by atoms with Gasteiger partial charge in [-0.1, -0.05) is 41.9 Å². The molecule has 1 saturated carbocycles. The first kappa shape index (κ1) is 20.3. The van der Waals surface area contributed by atoms with E-state index in [-0.39, 0.29) is 18.5 Å². The van der Waals surface area contributed by atoms with Gasteiger partial charge in [0, 0.05) is 11.6 Å². The van der Waals surface area contributed by atoms with E-state index in [0.29, 0.717) is 28.1 Å². The zero-order valence-corrected chi connectivity index (χ0v) is 16.7. The maximum Gasteiger partial charge on any atom is 0.329 e. The summed E-state index contributed by atoms with van der Waals surface area (Å²) >= 11 is 6.29. The van der Waals surface area contributed by atoms with Gasteiger partial charge in [0.25, 0.3) is 0 Å². The van der Waals surface area contributed by atoms with Crippen LogP contribution >= 0.6 is 11.6 Å². The fourth-order valence-corrected chi connectivity index (χ4v) is 3.66. The zero-order chi connectivity index (χ0) is 21.1. The number of carbonyl (C=O) groups is 1. The van der Waals surface area contributed by atoms with Crippen LogP contribution < -0.4 is 4.74 Å². The van der Waals surface area contributed by atoms with E-state index in [1.807, 2.05) is 24.3 Å². The highest BCUT2D eigenvalue weighted by Crippen LogP contribution is 2.40. The molecule has 5 nitrogen and oxygen atoms in total. The molecule has 0 radical (unpaired) electrons. The van der Waals surface area contributed by atoms with Gasteiger partial charge in [-0.05, 0) is 48.1 Å². The Labute approximate surface area is 178 Å². The first-order valence-electron chi connectivity index (χ1n) is 9.50. The fraction of sp³-hybridized carbons (Fsp3) is 0.217. The third-order valence-corrected chi connectivity index (χ3v) is 5.38. The summed E-state index contributed by atoms with van der Waals surface area (Å²) in [4.78, 5) is 14.8. The van der Waals surface area contributed by atoms with Gasteiger partial charge in [-0.3, -0.25) is 0 Å². The lowest BCUT2D eigenvalue weighted by Crippen LogP contribution is -2.31. The lowest BCUT2D eigenvalue weighted by Gasteiger charge is -2.35. The Balaban J connectivity index is 1.44. The van der Waals surface area contributed by atoms with E-state index in [2.05, 4.69) is 4.98 Å². The van der Waals surface area contributed by atoms with Crippen LogP contribution in [0.4, 0.5) is 4.39 Å². The largest absolute Gasteiger partial charge is 0.480 e. The van der Waals surface area contributed by atoms with Gasteiger partial charge in [0.15, 0.2) is 0 Å². The Kier molecular flexibility index (Phi) is 5.97. The molecule has 0 spiro atoms. The molecule has 1 aliphatic rings. The van der Waals surface area contributed by atoms with E-state index in [1.54, 1.807) is 18.2 Å². The molecule has 0 aliphatic heterocycles. The van der Waals surface area contributed by atoms with Gasteiger partial charge in [-0.25, -0.2) is 14.2 Å². The van der Waals surface area contributed by atoms with Crippen LogP contribution in [0.15, 0.2) is 60.8 Å². The van der Waals surface area contributed by atoms with Gasteiger partial charge < -0.3 is 14.6 Å². The average Bonchev–Trinajstić information content (AvgIpc) is 2.69. The normalized spacial score (nSPS) is 17.9. The molecular formula is C23H19ClFNO4. The lowest BCUT2D eigenvalue weighted by atomic mass is 9.77. The summed E-state index contributed by atoms with van der Waals surface area (Å²) < 4.78 is 24.4. The van der Waals surface area contributed by atoms with E-state index >= 15 is 0 Å². The van der Waals surface area contributed by atoms with Crippen LogP contribution in [-0.4, -0.2) is 28.8 Å². The SMILES string of the molecule is O=C(O)COC1CC(c2ccc(-c3cc(Oc4cccc(F)c4)cnc3Cl)cc2)C1. The van der Waals surface area contributed by atoms with Crippen molar-refractivity contribution in [3.05, 3.63) is 77.3 Å². The number of ether oxygens (including phenoxy) is 2. The predicted molar refractivity (Wildman–Crippen MR) is 111 cm³/mol. The van der Waals surface area contributed by atoms with Crippen molar-refractivity contribution in [1.29, 1.82) is 0 Å². The Bertz CT molecular complexity index is 1050. The number of carboxylic acids is 1. The third kappa shape index (κ3) is 4.78. The average molecular weight is 428 g/mol. The number of hydrogen-bond acceptors (Lipinski definition) is 4. The zero-order valence-electron chi connectivity index (χ0n) is 15.9. The molecule has 30 heavy (non-hydrogen) atoms. The number of rotatable bonds is 7. The molecule has 1 N–H and O–H groups in total. The second-order valence-electron chi connectivity index (χ2n) is 7.19. The van der Waals surface area contributed by atoms with Crippen molar-refractivity contribution in [1.82, 2.24) is 4.98 Å². The van der Waals surface area contributed by atoms with Gasteiger partial charge >= 0.3 is 5.97 Å². The van der Waals surface area contributed by atoms with Gasteiger partial charge in [0.2, 0.25) is 0 Å². The van der Waals surface area contributed by atoms with Gasteiger partial charge in [0.05, 0.1) is 12.3 Å². The molecule has 0 atom stereocenters. The number of aromatic nitrogens is 1. The minimum atomic E-state index is -0.947. The van der Waals surface area contributed by atoms with E-state index in [4.69, 9.17) is 26.2 Å². The summed E-state index contributed by atoms with van der Waals surface area (Å²) in [5.41, 5.74) is 2.78. The maximum atomic E-state index is 13.4. The number of pyridine rings is 1. The number of aliphatic carboxylic acids is 1. The van der Waals surface area contributed by atoms with Crippen molar-refractivity contribution < 1.29 is 23.8 Å². The third-order valence-electron chi connectivity index (χ3n) is 5.08. The standard InChI is InChI=1S/C23H19ClFNO4/c24-23-21(11-20(12-26-23)30-18-3-1-2-17(25)10-18)15-6-4-14(5-7-15)16-8-19(9-16)29-13-22(27)28/h1-7,10-12,16,19H,8-9,13H2,(H,27,28). The molecule has 1 heterocycles. The Morgan fingerprint density at radius 3 is 2.60 bits per heavy atom. The number of halogens is 2. The van der Waals surface area contributed by atoms with E-state index in [1.165, 1.54) is 23.9 Å². The summed E-state index contributed by atoms with van der Waals surface area (Å²) in [6.45, 7) is -0.254. The summed E-state index contributed by atoms with van der Waals surface area (Å²) in [7, 11) is 0. The lowest BCUT2D eigenvalue weighted by molar-refractivity contribution is -0.146. The minimum absolute atomic E-state index is 0.000995. The molecule has 0 saturated heterocycles. The van der Waals surface area contributed by atoms with E-state index < -0.39 is 5.97 Å². The highest BCUT2D eigenvalue weighted by atomic mass is 35.5. The molecule has 1 aliphatic carbocycles. The van der Waals surface area contributed by atoms with Crippen molar-refractivity contribution in [2.75, 3.05) is 6.61 Å². The van der Waals surface area contributed by atoms with Gasteiger partial charge in [0.1, 0.15) is 29.1 Å². The van der Waals surface area contributed by atoms with Crippen LogP contribution in [0.1, 0.15) is 24.3 Å². The number of carboxylic acid groups (broad SMARTS) is 1. The van der Waals surface area contributed by atoms with Crippen molar-refractivity contribution in [2.45, 2.75) is 24.9 Å². The molecule has 1 aromatic heterocycles. The Morgan fingerprint density at radius 2 is 1.90 bits per heavy atom. The fourth-order valence-electron chi connectivity index (χ4n) is 3.45. The smallest absolute Gasteiger partial charge is 0.329 e. The molecule has 1 fully saturated rings. The van der Waals surface area contributed by atoms with Crippen LogP contribution in [0, 0.1) is 5.82 Å². The second-order valence-corrected chi connectivity index (χ2v) is 7.54. The second kappa shape index (κ2) is 8.81. The Hall–Kier alpha value is -2.96. The molecule has 0 amide bonds. The van der Waals surface area contributed by atoms with Crippen molar-refractivity contribution in [2.24, 2.45) is 0 Å². The first-order chi connectivity index (χ1) is 14.5. The van der Waals surface area contributed by atoms with Gasteiger partial charge in [-0.15, -0.1) is 0 Å². The van der Waals surface area contributed by atoms with Crippen molar-refractivity contribution in [3.8, 4) is 22.6 Å². The van der Waals surface area contributed by atoms with Crippen LogP contribution in [0.25, 0.3) is 11.1 Å². The van der Waals surface area contributed by atoms with Crippen LogP contribution in [0.3, 0.4) is 0 Å². The maximum absolute atomic E-state index is 13.4. The Morgan fingerprint density at radius 1 is 1.13 bits per heavy atom. The molecule has 4 rings (SSSR count). The van der Waals surface area contributed by atoms with Gasteiger partial charge in [-0.2, -0.15) is 0 Å².